The van der Waals surface area contributed by atoms with Gasteiger partial charge < -0.3 is 28.7 Å². The third kappa shape index (κ3) is 9.38. The molecular weight excluding hydrogens is 831 g/mol. The number of ether oxygens (including phenoxy) is 4. The van der Waals surface area contributed by atoms with E-state index in [4.69, 9.17) is 42.1 Å². The number of piperazine rings is 1. The average molecular weight is 883 g/mol. The average Bonchev–Trinajstić information content (AvgIpc) is 4.00. The summed E-state index contributed by atoms with van der Waals surface area (Å²) in [7, 11) is 0. The van der Waals surface area contributed by atoms with E-state index < -0.39 is 11.9 Å². The number of carbonyl (C=O) groups excluding carboxylic acids is 1. The van der Waals surface area contributed by atoms with Gasteiger partial charge in [-0.15, -0.1) is 4.68 Å². The fraction of sp³-hybridized carbons (Fsp3) is 0.370. The van der Waals surface area contributed by atoms with Gasteiger partial charge in [-0.1, -0.05) is 36.2 Å². The van der Waals surface area contributed by atoms with Crippen molar-refractivity contribution in [3.05, 3.63) is 141 Å². The Morgan fingerprint density at radius 1 is 0.919 bits per heavy atom. The van der Waals surface area contributed by atoms with Crippen LogP contribution in [-0.4, -0.2) is 75.6 Å². The summed E-state index contributed by atoms with van der Waals surface area (Å²) in [4.78, 5) is 29.2. The summed E-state index contributed by atoms with van der Waals surface area (Å²) >= 11 is 13.1. The van der Waals surface area contributed by atoms with Crippen LogP contribution in [0.3, 0.4) is 0 Å². The highest BCUT2D eigenvalue weighted by atomic mass is 35.5. The molecule has 4 heterocycles. The molecule has 0 bridgehead atoms. The highest BCUT2D eigenvalue weighted by Crippen LogP contribution is 2.40. The first-order chi connectivity index (χ1) is 29.9. The molecule has 0 aliphatic carbocycles. The fourth-order valence-electron chi connectivity index (χ4n) is 8.10. The molecule has 2 aromatic heterocycles. The van der Waals surface area contributed by atoms with Crippen LogP contribution in [0, 0.1) is 13.8 Å². The number of hydrogen-bond donors (Lipinski definition) is 0. The third-order valence-electron chi connectivity index (χ3n) is 11.4. The van der Waals surface area contributed by atoms with Gasteiger partial charge in [0.2, 0.25) is 12.1 Å². The molecule has 0 amide bonds. The van der Waals surface area contributed by atoms with Crippen molar-refractivity contribution in [2.75, 3.05) is 49.2 Å². The Labute approximate surface area is 370 Å². The third-order valence-corrected chi connectivity index (χ3v) is 12.0. The Hall–Kier alpha value is -5.67. The number of anilines is 2. The van der Waals surface area contributed by atoms with E-state index in [2.05, 4.69) is 44.3 Å². The van der Waals surface area contributed by atoms with Gasteiger partial charge in [0.15, 0.2) is 6.54 Å². The first-order valence-electron chi connectivity index (χ1n) is 20.8. The zero-order chi connectivity index (χ0) is 43.5. The molecule has 62 heavy (non-hydrogen) atoms. The highest BCUT2D eigenvalue weighted by Gasteiger charge is 2.47. The van der Waals surface area contributed by atoms with Crippen LogP contribution in [0.1, 0.15) is 55.5 Å². The van der Waals surface area contributed by atoms with Crippen molar-refractivity contribution in [3.63, 3.8) is 0 Å². The zero-order valence-corrected chi connectivity index (χ0v) is 37.1. The van der Waals surface area contributed by atoms with Crippen LogP contribution in [0.15, 0.2) is 103 Å². The van der Waals surface area contributed by atoms with Gasteiger partial charge in [0.05, 0.1) is 29.9 Å². The summed E-state index contributed by atoms with van der Waals surface area (Å²) in [5.74, 6) is -0.280. The van der Waals surface area contributed by atoms with E-state index in [1.54, 1.807) is 34.0 Å². The first-order valence-corrected chi connectivity index (χ1v) is 21.6. The number of carbonyl (C=O) groups is 1. The minimum atomic E-state index is -1.25. The molecule has 4 aromatic carbocycles. The molecule has 0 spiro atoms. The standard InChI is InChI=1S/C46H51Cl2N8O6/c1-6-33(4)56-45(58)55(29-50-56)39-10-8-37(9-11-39)52-17-19-53(20-18-52)38-12-14-40(15-13-38)59-25-41-26-60-46(62-41,42-16-7-36(47)23-43(42)48)27-54-30-51(28-49-54)24-35-21-31(2)44(32(3)22-35)61-34(5)57/h7-16,21-23,28-30,33,41H,6,17-20,24-27H2,1-5H3/q+1/t33?,41-,46-/m1/s1. The number of halogens is 2. The van der Waals surface area contributed by atoms with Gasteiger partial charge >= 0.3 is 11.7 Å². The number of aryl methyl sites for hydroxylation is 2. The molecule has 324 valence electrons. The van der Waals surface area contributed by atoms with Crippen LogP contribution >= 0.6 is 23.2 Å². The summed E-state index contributed by atoms with van der Waals surface area (Å²) < 4.78 is 31.7. The Balaban J connectivity index is 0.867. The van der Waals surface area contributed by atoms with Crippen molar-refractivity contribution in [2.24, 2.45) is 0 Å². The minimum Gasteiger partial charge on any atom is -0.491 e. The maximum Gasteiger partial charge on any atom is 0.350 e. The molecule has 0 radical (unpaired) electrons. The van der Waals surface area contributed by atoms with Gasteiger partial charge in [0.1, 0.15) is 30.5 Å². The van der Waals surface area contributed by atoms with Gasteiger partial charge in [0.25, 0.3) is 6.33 Å². The molecule has 3 atom stereocenters. The molecule has 16 heteroatoms. The SMILES string of the molecule is CCC(C)n1ncn(-c2ccc(N3CCN(c4ccc(OC[C@@H]5CO[C@@](Cn6c[n+](Cc7cc(C)c(OC(C)=O)c(C)c7)cn6)(c6ccc(Cl)cc6Cl)O5)cc4)CC3)cc2)c1=O. The van der Waals surface area contributed by atoms with Gasteiger partial charge in [-0.3, -0.25) is 4.79 Å². The largest absolute Gasteiger partial charge is 0.491 e. The van der Waals surface area contributed by atoms with Crippen molar-refractivity contribution in [1.82, 2.24) is 24.1 Å². The van der Waals surface area contributed by atoms with E-state index in [1.807, 2.05) is 81.1 Å². The molecule has 2 saturated heterocycles. The molecule has 14 nitrogen and oxygen atoms in total. The molecule has 6 aromatic rings. The van der Waals surface area contributed by atoms with Gasteiger partial charge in [-0.2, -0.15) is 5.10 Å². The predicted octanol–water partition coefficient (Wildman–Crippen LogP) is 7.06. The predicted molar refractivity (Wildman–Crippen MR) is 237 cm³/mol. The second kappa shape index (κ2) is 18.4. The molecule has 2 aliphatic heterocycles. The highest BCUT2D eigenvalue weighted by molar-refractivity contribution is 6.35. The van der Waals surface area contributed by atoms with E-state index >= 15 is 0 Å². The summed E-state index contributed by atoms with van der Waals surface area (Å²) in [5.41, 5.74) is 6.38. The van der Waals surface area contributed by atoms with Crippen LogP contribution in [0.25, 0.3) is 5.69 Å². The van der Waals surface area contributed by atoms with Crippen molar-refractivity contribution in [2.45, 2.75) is 72.1 Å². The van der Waals surface area contributed by atoms with Crippen molar-refractivity contribution >= 4 is 40.5 Å². The number of aromatic nitrogens is 6. The lowest BCUT2D eigenvalue weighted by atomic mass is 10.1. The van der Waals surface area contributed by atoms with Gasteiger partial charge in [0, 0.05) is 60.2 Å². The van der Waals surface area contributed by atoms with Crippen LogP contribution in [0.4, 0.5) is 11.4 Å². The van der Waals surface area contributed by atoms with Crippen LogP contribution < -0.4 is 29.5 Å². The number of nitrogens with zero attached hydrogens (tertiary/aromatic N) is 8. The number of benzene rings is 4. The van der Waals surface area contributed by atoms with Gasteiger partial charge in [-0.25, -0.2) is 18.6 Å². The monoisotopic (exact) mass is 881 g/mol. The van der Waals surface area contributed by atoms with Crippen LogP contribution in [0.2, 0.25) is 10.0 Å². The second-order valence-electron chi connectivity index (χ2n) is 16.0. The van der Waals surface area contributed by atoms with E-state index in [0.717, 1.165) is 72.1 Å². The van der Waals surface area contributed by atoms with E-state index in [1.165, 1.54) is 11.6 Å². The summed E-state index contributed by atoms with van der Waals surface area (Å²) in [6, 6.07) is 25.6. The second-order valence-corrected chi connectivity index (χ2v) is 16.8. The number of esters is 1. The lowest BCUT2D eigenvalue weighted by Crippen LogP contribution is -2.46. The Morgan fingerprint density at radius 2 is 1.56 bits per heavy atom. The van der Waals surface area contributed by atoms with Crippen molar-refractivity contribution in [3.8, 4) is 17.2 Å². The minimum absolute atomic E-state index is 0.0526. The number of rotatable bonds is 14. The summed E-state index contributed by atoms with van der Waals surface area (Å²) in [6.07, 6.45) is 5.68. The molecular formula is C46H51Cl2N8O6+. The Bertz CT molecular complexity index is 2560. The van der Waals surface area contributed by atoms with E-state index in [9.17, 15) is 9.59 Å². The van der Waals surface area contributed by atoms with Crippen LogP contribution in [0.5, 0.6) is 11.5 Å². The normalized spacial score (nSPS) is 18.3. The van der Waals surface area contributed by atoms with E-state index in [0.29, 0.717) is 27.9 Å². The smallest absolute Gasteiger partial charge is 0.350 e. The van der Waals surface area contributed by atoms with Crippen molar-refractivity contribution in [1.29, 1.82) is 0 Å². The van der Waals surface area contributed by atoms with Crippen LogP contribution in [-0.2, 0) is 33.1 Å². The molecule has 2 fully saturated rings. The topological polar surface area (TPSA) is 122 Å². The molecule has 0 N–H and O–H groups in total. The molecule has 1 unspecified atom stereocenters. The van der Waals surface area contributed by atoms with Gasteiger partial charge in [-0.05, 0) is 117 Å². The molecule has 8 rings (SSSR count). The molecule has 0 saturated carbocycles. The van der Waals surface area contributed by atoms with Crippen molar-refractivity contribution < 1.29 is 28.3 Å². The maximum atomic E-state index is 12.9. The fourth-order valence-corrected chi connectivity index (χ4v) is 8.65. The molecule has 2 aliphatic rings. The Kier molecular flexibility index (Phi) is 12.7. The quantitative estimate of drug-likeness (QED) is 0.0639. The summed E-state index contributed by atoms with van der Waals surface area (Å²) in [6.45, 7) is 14.1. The zero-order valence-electron chi connectivity index (χ0n) is 35.5. The lowest BCUT2D eigenvalue weighted by Gasteiger charge is -2.37. The number of hydrogen-bond acceptors (Lipinski definition) is 10. The summed E-state index contributed by atoms with van der Waals surface area (Å²) in [5, 5.41) is 9.88. The lowest BCUT2D eigenvalue weighted by molar-refractivity contribution is -0.689. The van der Waals surface area contributed by atoms with E-state index in [-0.39, 0.29) is 37.5 Å². The first kappa shape index (κ1) is 43.0. The Morgan fingerprint density at radius 3 is 2.19 bits per heavy atom. The maximum absolute atomic E-state index is 12.9.